The SMILES string of the molecule is O=[N+]([O-])c1ccc(CNc2ccc(Cl)cc2Br)c(Cl)c1. The molecule has 0 aliphatic carbocycles. The summed E-state index contributed by atoms with van der Waals surface area (Å²) in [7, 11) is 0. The summed E-state index contributed by atoms with van der Waals surface area (Å²) >= 11 is 15.3. The third-order valence-corrected chi connectivity index (χ3v) is 3.89. The molecule has 0 bridgehead atoms. The second kappa shape index (κ2) is 6.43. The Bertz CT molecular complexity index is 665. The van der Waals surface area contributed by atoms with Gasteiger partial charge in [0.05, 0.1) is 9.95 Å². The molecule has 1 N–H and O–H groups in total. The molecule has 2 aromatic rings. The molecule has 0 saturated carbocycles. The monoisotopic (exact) mass is 374 g/mol. The predicted octanol–water partition coefficient (Wildman–Crippen LogP) is 5.28. The summed E-state index contributed by atoms with van der Waals surface area (Å²) in [6.07, 6.45) is 0. The maximum absolute atomic E-state index is 10.6. The Morgan fingerprint density at radius 1 is 1.20 bits per heavy atom. The van der Waals surface area contributed by atoms with Crippen molar-refractivity contribution < 1.29 is 4.92 Å². The molecule has 0 heterocycles. The molecule has 4 nitrogen and oxygen atoms in total. The van der Waals surface area contributed by atoms with Gasteiger partial charge in [-0.05, 0) is 45.8 Å². The lowest BCUT2D eigenvalue weighted by atomic mass is 10.2. The van der Waals surface area contributed by atoms with Crippen molar-refractivity contribution >= 4 is 50.5 Å². The molecular weight excluding hydrogens is 367 g/mol. The summed E-state index contributed by atoms with van der Waals surface area (Å²) in [6.45, 7) is 0.455. The summed E-state index contributed by atoms with van der Waals surface area (Å²) < 4.78 is 0.836. The normalized spacial score (nSPS) is 10.3. The van der Waals surface area contributed by atoms with Crippen molar-refractivity contribution in [2.45, 2.75) is 6.54 Å². The van der Waals surface area contributed by atoms with Gasteiger partial charge in [-0.1, -0.05) is 23.2 Å². The summed E-state index contributed by atoms with van der Waals surface area (Å²) in [5.74, 6) is 0. The first-order chi connectivity index (χ1) is 9.47. The van der Waals surface area contributed by atoms with Gasteiger partial charge in [0.25, 0.3) is 5.69 Å². The van der Waals surface area contributed by atoms with Gasteiger partial charge in [-0.3, -0.25) is 10.1 Å². The van der Waals surface area contributed by atoms with Gasteiger partial charge in [0.15, 0.2) is 0 Å². The van der Waals surface area contributed by atoms with Crippen molar-refractivity contribution in [1.82, 2.24) is 0 Å². The van der Waals surface area contributed by atoms with Gasteiger partial charge in [-0.15, -0.1) is 0 Å². The number of nitro benzene ring substituents is 1. The third kappa shape index (κ3) is 3.62. The topological polar surface area (TPSA) is 55.2 Å². The average molecular weight is 376 g/mol. The highest BCUT2D eigenvalue weighted by Crippen LogP contribution is 2.28. The van der Waals surface area contributed by atoms with E-state index in [9.17, 15) is 10.1 Å². The van der Waals surface area contributed by atoms with Crippen LogP contribution < -0.4 is 5.32 Å². The summed E-state index contributed by atoms with van der Waals surface area (Å²) in [5.41, 5.74) is 1.62. The van der Waals surface area contributed by atoms with Gasteiger partial charge in [-0.2, -0.15) is 0 Å². The zero-order chi connectivity index (χ0) is 14.7. The number of anilines is 1. The first-order valence-corrected chi connectivity index (χ1v) is 7.14. The fraction of sp³-hybridized carbons (Fsp3) is 0.0769. The molecule has 0 fully saturated rings. The highest BCUT2D eigenvalue weighted by molar-refractivity contribution is 9.10. The Morgan fingerprint density at radius 2 is 1.95 bits per heavy atom. The Labute approximate surface area is 134 Å². The fourth-order valence-electron chi connectivity index (χ4n) is 1.62. The molecule has 7 heteroatoms. The van der Waals surface area contributed by atoms with Crippen LogP contribution in [0.1, 0.15) is 5.56 Å². The highest BCUT2D eigenvalue weighted by Gasteiger charge is 2.09. The number of hydrogen-bond donors (Lipinski definition) is 1. The van der Waals surface area contributed by atoms with Gasteiger partial charge in [-0.25, -0.2) is 0 Å². The molecule has 0 aliphatic rings. The zero-order valence-corrected chi connectivity index (χ0v) is 13.2. The first kappa shape index (κ1) is 15.1. The third-order valence-electron chi connectivity index (χ3n) is 2.65. The van der Waals surface area contributed by atoms with Crippen molar-refractivity contribution in [2.24, 2.45) is 0 Å². The van der Waals surface area contributed by atoms with Crippen LogP contribution in [-0.4, -0.2) is 4.92 Å². The van der Waals surface area contributed by atoms with Crippen molar-refractivity contribution in [3.8, 4) is 0 Å². The number of hydrogen-bond acceptors (Lipinski definition) is 3. The molecule has 0 saturated heterocycles. The molecule has 0 atom stereocenters. The van der Waals surface area contributed by atoms with Gasteiger partial charge in [0.1, 0.15) is 0 Å². The van der Waals surface area contributed by atoms with Crippen molar-refractivity contribution in [3.63, 3.8) is 0 Å². The predicted molar refractivity (Wildman–Crippen MR) is 84.6 cm³/mol. The maximum atomic E-state index is 10.6. The van der Waals surface area contributed by atoms with Crippen molar-refractivity contribution in [1.29, 1.82) is 0 Å². The van der Waals surface area contributed by atoms with Crippen LogP contribution in [0.5, 0.6) is 0 Å². The summed E-state index contributed by atoms with van der Waals surface area (Å²) in [4.78, 5) is 10.2. The van der Waals surface area contributed by atoms with Crippen LogP contribution >= 0.6 is 39.1 Å². The lowest BCUT2D eigenvalue weighted by molar-refractivity contribution is -0.384. The van der Waals surface area contributed by atoms with Crippen LogP contribution in [0.15, 0.2) is 40.9 Å². The lowest BCUT2D eigenvalue weighted by Crippen LogP contribution is -2.01. The smallest absolute Gasteiger partial charge is 0.270 e. The Balaban J connectivity index is 2.13. The second-order valence-electron chi connectivity index (χ2n) is 4.01. The van der Waals surface area contributed by atoms with E-state index in [1.165, 1.54) is 12.1 Å². The van der Waals surface area contributed by atoms with Gasteiger partial charge in [0.2, 0.25) is 0 Å². The van der Waals surface area contributed by atoms with Crippen molar-refractivity contribution in [3.05, 3.63) is 66.6 Å². The van der Waals surface area contributed by atoms with Crippen LogP contribution in [0.4, 0.5) is 11.4 Å². The molecule has 0 spiro atoms. The minimum atomic E-state index is -0.473. The van der Waals surface area contributed by atoms with E-state index in [-0.39, 0.29) is 5.69 Å². The standard InChI is InChI=1S/C13H9BrCl2N2O2/c14-11-5-9(15)2-4-13(11)17-7-8-1-3-10(18(19)20)6-12(8)16/h1-6,17H,7H2. The molecule has 0 amide bonds. The fourth-order valence-corrected chi connectivity index (χ4v) is 2.68. The average Bonchev–Trinajstić information content (AvgIpc) is 2.38. The van der Waals surface area contributed by atoms with Gasteiger partial charge in [0, 0.05) is 33.9 Å². The van der Waals surface area contributed by atoms with Crippen LogP contribution in [0.3, 0.4) is 0 Å². The number of rotatable bonds is 4. The first-order valence-electron chi connectivity index (χ1n) is 5.59. The van der Waals surface area contributed by atoms with E-state index in [0.717, 1.165) is 15.7 Å². The number of non-ortho nitro benzene ring substituents is 1. The van der Waals surface area contributed by atoms with E-state index in [2.05, 4.69) is 21.2 Å². The second-order valence-corrected chi connectivity index (χ2v) is 5.71. The molecule has 0 radical (unpaired) electrons. The highest BCUT2D eigenvalue weighted by atomic mass is 79.9. The van der Waals surface area contributed by atoms with E-state index in [0.29, 0.717) is 16.6 Å². The molecule has 20 heavy (non-hydrogen) atoms. The van der Waals surface area contributed by atoms with E-state index in [1.54, 1.807) is 18.2 Å². The number of nitro groups is 1. The minimum absolute atomic E-state index is 0.0218. The van der Waals surface area contributed by atoms with E-state index < -0.39 is 4.92 Å². The quantitative estimate of drug-likeness (QED) is 0.584. The van der Waals surface area contributed by atoms with Crippen LogP contribution in [0, 0.1) is 10.1 Å². The van der Waals surface area contributed by atoms with Crippen LogP contribution in [0.2, 0.25) is 10.0 Å². The van der Waals surface area contributed by atoms with Crippen molar-refractivity contribution in [2.75, 3.05) is 5.32 Å². The van der Waals surface area contributed by atoms with E-state index >= 15 is 0 Å². The summed E-state index contributed by atoms with van der Waals surface area (Å²) in [5, 5.41) is 14.8. The molecule has 0 unspecified atom stereocenters. The molecule has 2 aromatic carbocycles. The molecule has 0 aliphatic heterocycles. The minimum Gasteiger partial charge on any atom is -0.380 e. The largest absolute Gasteiger partial charge is 0.380 e. The number of halogens is 3. The zero-order valence-electron chi connectivity index (χ0n) is 10.1. The van der Waals surface area contributed by atoms with Gasteiger partial charge < -0.3 is 5.32 Å². The van der Waals surface area contributed by atoms with Gasteiger partial charge >= 0.3 is 0 Å². The molecule has 104 valence electrons. The lowest BCUT2D eigenvalue weighted by Gasteiger charge is -2.10. The number of benzene rings is 2. The van der Waals surface area contributed by atoms with E-state index in [4.69, 9.17) is 23.2 Å². The van der Waals surface area contributed by atoms with Crippen LogP contribution in [-0.2, 0) is 6.54 Å². The Kier molecular flexibility index (Phi) is 4.86. The Hall–Kier alpha value is -1.30. The molecule has 2 rings (SSSR count). The van der Waals surface area contributed by atoms with E-state index in [1.807, 2.05) is 6.07 Å². The molecule has 0 aromatic heterocycles. The summed E-state index contributed by atoms with van der Waals surface area (Å²) in [6, 6.07) is 9.80. The van der Waals surface area contributed by atoms with Crippen LogP contribution in [0.25, 0.3) is 0 Å². The maximum Gasteiger partial charge on any atom is 0.270 e. The number of nitrogens with zero attached hydrogens (tertiary/aromatic N) is 1. The number of nitrogens with one attached hydrogen (secondary N) is 1. The Morgan fingerprint density at radius 3 is 2.55 bits per heavy atom. The molecular formula is C13H9BrCl2N2O2.